The summed E-state index contributed by atoms with van der Waals surface area (Å²) in [6.45, 7) is 5.93. The Labute approximate surface area is 122 Å². The summed E-state index contributed by atoms with van der Waals surface area (Å²) < 4.78 is 2.01. The number of rotatable bonds is 2. The molecule has 2 aromatic heterocycles. The minimum Gasteiger partial charge on any atom is -0.389 e. The standard InChI is InChI=1S/C15H16ClN3O/c1-9-17-12-13(19(9)8-15(2,3)20)10-6-4-5-7-11(10)18-14(12)16/h4-7,20H,8H2,1-3H3. The Morgan fingerprint density at radius 3 is 2.65 bits per heavy atom. The van der Waals surface area contributed by atoms with Crippen LogP contribution in [0.5, 0.6) is 0 Å². The van der Waals surface area contributed by atoms with Crippen molar-refractivity contribution in [3.8, 4) is 0 Å². The lowest BCUT2D eigenvalue weighted by Gasteiger charge is -2.19. The van der Waals surface area contributed by atoms with Crippen molar-refractivity contribution >= 4 is 33.5 Å². The van der Waals surface area contributed by atoms with Gasteiger partial charge >= 0.3 is 0 Å². The number of aromatic nitrogens is 3. The van der Waals surface area contributed by atoms with E-state index in [1.54, 1.807) is 13.8 Å². The molecule has 20 heavy (non-hydrogen) atoms. The van der Waals surface area contributed by atoms with Crippen molar-refractivity contribution in [3.05, 3.63) is 35.2 Å². The van der Waals surface area contributed by atoms with E-state index in [1.807, 2.05) is 35.8 Å². The Balaban J connectivity index is 2.42. The van der Waals surface area contributed by atoms with Crippen molar-refractivity contribution in [2.24, 2.45) is 0 Å². The molecule has 2 heterocycles. The Morgan fingerprint density at radius 2 is 1.95 bits per heavy atom. The van der Waals surface area contributed by atoms with Gasteiger partial charge in [0.05, 0.1) is 23.2 Å². The third kappa shape index (κ3) is 2.15. The van der Waals surface area contributed by atoms with Gasteiger partial charge in [0.2, 0.25) is 0 Å². The molecule has 0 aliphatic rings. The lowest BCUT2D eigenvalue weighted by Crippen LogP contribution is -2.26. The van der Waals surface area contributed by atoms with Gasteiger partial charge in [0.25, 0.3) is 0 Å². The molecule has 1 N–H and O–H groups in total. The Bertz CT molecular complexity index is 802. The number of aryl methyl sites for hydroxylation is 1. The lowest BCUT2D eigenvalue weighted by molar-refractivity contribution is 0.0621. The zero-order valence-corrected chi connectivity index (χ0v) is 12.4. The molecule has 0 aliphatic heterocycles. The molecule has 104 valence electrons. The summed E-state index contributed by atoms with van der Waals surface area (Å²) in [4.78, 5) is 8.89. The number of hydrogen-bond acceptors (Lipinski definition) is 3. The molecule has 0 atom stereocenters. The van der Waals surface area contributed by atoms with Gasteiger partial charge in [-0.25, -0.2) is 9.97 Å². The van der Waals surface area contributed by atoms with Gasteiger partial charge in [-0.1, -0.05) is 29.8 Å². The van der Waals surface area contributed by atoms with Crippen LogP contribution in [-0.2, 0) is 6.54 Å². The Morgan fingerprint density at radius 1 is 1.25 bits per heavy atom. The molecule has 3 aromatic rings. The van der Waals surface area contributed by atoms with E-state index in [2.05, 4.69) is 9.97 Å². The highest BCUT2D eigenvalue weighted by molar-refractivity contribution is 6.35. The zero-order chi connectivity index (χ0) is 14.5. The molecule has 0 radical (unpaired) electrons. The van der Waals surface area contributed by atoms with Crippen LogP contribution in [0, 0.1) is 6.92 Å². The number of hydrogen-bond donors (Lipinski definition) is 1. The Hall–Kier alpha value is -1.65. The number of nitrogens with zero attached hydrogens (tertiary/aromatic N) is 3. The maximum absolute atomic E-state index is 10.1. The summed E-state index contributed by atoms with van der Waals surface area (Å²) >= 11 is 6.24. The van der Waals surface area contributed by atoms with E-state index >= 15 is 0 Å². The second-order valence-electron chi connectivity index (χ2n) is 5.67. The second kappa shape index (κ2) is 4.43. The molecule has 0 saturated heterocycles. The van der Waals surface area contributed by atoms with E-state index < -0.39 is 5.60 Å². The zero-order valence-electron chi connectivity index (χ0n) is 11.7. The van der Waals surface area contributed by atoms with Crippen LogP contribution in [0.3, 0.4) is 0 Å². The number of aliphatic hydroxyl groups is 1. The van der Waals surface area contributed by atoms with E-state index in [9.17, 15) is 5.11 Å². The number of fused-ring (bicyclic) bond motifs is 3. The van der Waals surface area contributed by atoms with Crippen LogP contribution < -0.4 is 0 Å². The summed E-state index contributed by atoms with van der Waals surface area (Å²) in [6.07, 6.45) is 0. The van der Waals surface area contributed by atoms with E-state index in [-0.39, 0.29) is 0 Å². The quantitative estimate of drug-likeness (QED) is 0.736. The number of benzene rings is 1. The van der Waals surface area contributed by atoms with Crippen LogP contribution >= 0.6 is 11.6 Å². The fraction of sp³-hybridized carbons (Fsp3) is 0.333. The predicted molar refractivity (Wildman–Crippen MR) is 81.1 cm³/mol. The first-order chi connectivity index (χ1) is 9.37. The molecule has 0 saturated carbocycles. The minimum atomic E-state index is -0.824. The summed E-state index contributed by atoms with van der Waals surface area (Å²) in [5.41, 5.74) is 1.63. The van der Waals surface area contributed by atoms with Crippen LogP contribution in [0.25, 0.3) is 21.9 Å². The molecule has 0 aliphatic carbocycles. The summed E-state index contributed by atoms with van der Waals surface area (Å²) in [5, 5.41) is 11.5. The van der Waals surface area contributed by atoms with Gasteiger partial charge in [-0.15, -0.1) is 0 Å². The fourth-order valence-electron chi connectivity index (χ4n) is 2.49. The molecule has 0 spiro atoms. The number of pyridine rings is 1. The van der Waals surface area contributed by atoms with Crippen LogP contribution in [0.2, 0.25) is 5.15 Å². The average Bonchev–Trinajstić information content (AvgIpc) is 2.66. The highest BCUT2D eigenvalue weighted by Gasteiger charge is 2.20. The molecule has 1 aromatic carbocycles. The first-order valence-electron chi connectivity index (χ1n) is 6.50. The highest BCUT2D eigenvalue weighted by atomic mass is 35.5. The molecule has 5 heteroatoms. The lowest BCUT2D eigenvalue weighted by atomic mass is 10.1. The van der Waals surface area contributed by atoms with Gasteiger partial charge in [-0.2, -0.15) is 0 Å². The van der Waals surface area contributed by atoms with Crippen molar-refractivity contribution in [3.63, 3.8) is 0 Å². The maximum atomic E-state index is 10.1. The van der Waals surface area contributed by atoms with E-state index in [4.69, 9.17) is 11.6 Å². The van der Waals surface area contributed by atoms with Gasteiger partial charge < -0.3 is 9.67 Å². The first-order valence-corrected chi connectivity index (χ1v) is 6.88. The van der Waals surface area contributed by atoms with Crippen LogP contribution in [-0.4, -0.2) is 25.2 Å². The van der Waals surface area contributed by atoms with Crippen LogP contribution in [0.15, 0.2) is 24.3 Å². The van der Waals surface area contributed by atoms with Gasteiger partial charge in [0.15, 0.2) is 5.15 Å². The monoisotopic (exact) mass is 289 g/mol. The minimum absolute atomic E-state index is 0.399. The molecular weight excluding hydrogens is 274 g/mol. The SMILES string of the molecule is Cc1nc2c(Cl)nc3ccccc3c2n1CC(C)(C)O. The van der Waals surface area contributed by atoms with Crippen LogP contribution in [0.1, 0.15) is 19.7 Å². The number of imidazole rings is 1. The molecule has 0 unspecified atom stereocenters. The summed E-state index contributed by atoms with van der Waals surface area (Å²) in [5.74, 6) is 0.821. The Kier molecular flexibility index (Phi) is 2.96. The van der Waals surface area contributed by atoms with Crippen molar-refractivity contribution < 1.29 is 5.11 Å². The smallest absolute Gasteiger partial charge is 0.157 e. The van der Waals surface area contributed by atoms with E-state index in [1.165, 1.54) is 0 Å². The third-order valence-electron chi connectivity index (χ3n) is 3.28. The predicted octanol–water partition coefficient (Wildman–Crippen LogP) is 3.32. The molecule has 4 nitrogen and oxygen atoms in total. The van der Waals surface area contributed by atoms with Crippen molar-refractivity contribution in [2.75, 3.05) is 0 Å². The van der Waals surface area contributed by atoms with Gasteiger partial charge in [-0.05, 0) is 26.8 Å². The number of para-hydroxylation sites is 1. The molecule has 0 amide bonds. The molecule has 0 fully saturated rings. The van der Waals surface area contributed by atoms with Crippen LogP contribution in [0.4, 0.5) is 0 Å². The third-order valence-corrected chi connectivity index (χ3v) is 3.54. The molecule has 3 rings (SSSR count). The normalized spacial score (nSPS) is 12.4. The summed E-state index contributed by atoms with van der Waals surface area (Å²) in [7, 11) is 0. The average molecular weight is 290 g/mol. The van der Waals surface area contributed by atoms with Crippen molar-refractivity contribution in [1.29, 1.82) is 0 Å². The fourth-order valence-corrected chi connectivity index (χ4v) is 2.71. The first kappa shape index (κ1) is 13.3. The largest absolute Gasteiger partial charge is 0.389 e. The van der Waals surface area contributed by atoms with Gasteiger partial charge in [0.1, 0.15) is 11.3 Å². The number of halogens is 1. The van der Waals surface area contributed by atoms with E-state index in [0.717, 1.165) is 22.2 Å². The second-order valence-corrected chi connectivity index (χ2v) is 6.03. The maximum Gasteiger partial charge on any atom is 0.157 e. The van der Waals surface area contributed by atoms with Crippen molar-refractivity contribution in [2.45, 2.75) is 32.9 Å². The topological polar surface area (TPSA) is 50.9 Å². The molecular formula is C15H16ClN3O. The summed E-state index contributed by atoms with van der Waals surface area (Å²) in [6, 6.07) is 7.83. The van der Waals surface area contributed by atoms with Gasteiger partial charge in [-0.3, -0.25) is 0 Å². The van der Waals surface area contributed by atoms with E-state index in [0.29, 0.717) is 17.2 Å². The highest BCUT2D eigenvalue weighted by Crippen LogP contribution is 2.30. The molecule has 0 bridgehead atoms. The van der Waals surface area contributed by atoms with Gasteiger partial charge in [0, 0.05) is 5.39 Å². The van der Waals surface area contributed by atoms with Crippen molar-refractivity contribution in [1.82, 2.24) is 14.5 Å².